The number of hydrogen-bond acceptors (Lipinski definition) is 3. The Morgan fingerprint density at radius 3 is 3.00 bits per heavy atom. The molecule has 3 aromatic rings. The van der Waals surface area contributed by atoms with Crippen LogP contribution >= 0.6 is 11.6 Å². The number of aromatic nitrogens is 2. The lowest BCUT2D eigenvalue weighted by atomic mass is 10.2. The van der Waals surface area contributed by atoms with Gasteiger partial charge in [-0.2, -0.15) is 5.10 Å². The van der Waals surface area contributed by atoms with E-state index < -0.39 is 0 Å². The van der Waals surface area contributed by atoms with Gasteiger partial charge in [-0.15, -0.1) is 0 Å². The van der Waals surface area contributed by atoms with E-state index in [0.717, 1.165) is 22.2 Å². The van der Waals surface area contributed by atoms with Gasteiger partial charge in [0.25, 0.3) is 0 Å². The molecular formula is C15H14ClN3O. The molecule has 0 bridgehead atoms. The van der Waals surface area contributed by atoms with Gasteiger partial charge in [0.05, 0.1) is 23.8 Å². The topological polar surface area (TPSA) is 49.9 Å². The van der Waals surface area contributed by atoms with Crippen LogP contribution in [0.15, 0.2) is 42.6 Å². The number of ether oxygens (including phenoxy) is 1. The molecule has 1 heterocycles. The van der Waals surface area contributed by atoms with Crippen LogP contribution in [0, 0.1) is 0 Å². The lowest BCUT2D eigenvalue weighted by Crippen LogP contribution is -2.00. The van der Waals surface area contributed by atoms with E-state index in [9.17, 15) is 0 Å². The summed E-state index contributed by atoms with van der Waals surface area (Å²) in [5, 5.41) is 12.1. The van der Waals surface area contributed by atoms with Crippen molar-refractivity contribution in [2.75, 3.05) is 12.4 Å². The zero-order chi connectivity index (χ0) is 13.9. The summed E-state index contributed by atoms with van der Waals surface area (Å²) in [6, 6.07) is 11.8. The number of H-pyrrole nitrogens is 1. The van der Waals surface area contributed by atoms with Crippen molar-refractivity contribution in [3.8, 4) is 5.75 Å². The maximum atomic E-state index is 6.12. The molecule has 2 N–H and O–H groups in total. The van der Waals surface area contributed by atoms with Crippen molar-refractivity contribution in [1.82, 2.24) is 10.2 Å². The minimum atomic E-state index is 0.619. The average Bonchev–Trinajstić information content (AvgIpc) is 2.94. The Morgan fingerprint density at radius 1 is 1.30 bits per heavy atom. The molecule has 0 fully saturated rings. The van der Waals surface area contributed by atoms with Gasteiger partial charge in [0.15, 0.2) is 0 Å². The molecular weight excluding hydrogens is 274 g/mol. The first-order chi connectivity index (χ1) is 9.78. The van der Waals surface area contributed by atoms with Gasteiger partial charge in [-0.1, -0.05) is 23.7 Å². The highest BCUT2D eigenvalue weighted by atomic mass is 35.5. The van der Waals surface area contributed by atoms with Gasteiger partial charge in [0, 0.05) is 17.6 Å². The summed E-state index contributed by atoms with van der Waals surface area (Å²) in [6.45, 7) is 0.688. The van der Waals surface area contributed by atoms with Crippen LogP contribution in [0.3, 0.4) is 0 Å². The summed E-state index contributed by atoms with van der Waals surface area (Å²) in [7, 11) is 1.61. The van der Waals surface area contributed by atoms with Crippen LogP contribution in [0.2, 0.25) is 5.02 Å². The number of fused-ring (bicyclic) bond motifs is 1. The minimum Gasteiger partial charge on any atom is -0.495 e. The van der Waals surface area contributed by atoms with E-state index in [4.69, 9.17) is 16.3 Å². The standard InChI is InChI=1S/C15H14ClN3O/c1-20-15-6-5-10(7-12(15)16)8-17-13-3-2-4-14-11(13)9-18-19-14/h2-7,9,17H,8H2,1H3,(H,18,19). The predicted octanol–water partition coefficient (Wildman–Crippen LogP) is 3.84. The highest BCUT2D eigenvalue weighted by Crippen LogP contribution is 2.26. The van der Waals surface area contributed by atoms with Crippen molar-refractivity contribution >= 4 is 28.2 Å². The number of nitrogens with zero attached hydrogens (tertiary/aromatic N) is 1. The van der Waals surface area contributed by atoms with Crippen molar-refractivity contribution in [3.63, 3.8) is 0 Å². The molecule has 4 nitrogen and oxygen atoms in total. The van der Waals surface area contributed by atoms with Gasteiger partial charge < -0.3 is 10.1 Å². The summed E-state index contributed by atoms with van der Waals surface area (Å²) in [4.78, 5) is 0. The number of nitrogens with one attached hydrogen (secondary N) is 2. The van der Waals surface area contributed by atoms with Crippen molar-refractivity contribution in [1.29, 1.82) is 0 Å². The van der Waals surface area contributed by atoms with E-state index in [-0.39, 0.29) is 0 Å². The van der Waals surface area contributed by atoms with Crippen LogP contribution < -0.4 is 10.1 Å². The molecule has 3 rings (SSSR count). The fourth-order valence-corrected chi connectivity index (χ4v) is 2.42. The molecule has 102 valence electrons. The molecule has 0 radical (unpaired) electrons. The first-order valence-electron chi connectivity index (χ1n) is 6.26. The van der Waals surface area contributed by atoms with Crippen LogP contribution in [-0.2, 0) is 6.54 Å². The van der Waals surface area contributed by atoms with E-state index in [1.54, 1.807) is 7.11 Å². The number of hydrogen-bond donors (Lipinski definition) is 2. The second-order valence-electron chi connectivity index (χ2n) is 4.46. The highest BCUT2D eigenvalue weighted by Gasteiger charge is 2.04. The average molecular weight is 288 g/mol. The molecule has 0 saturated heterocycles. The molecule has 1 aromatic heterocycles. The third kappa shape index (κ3) is 2.42. The van der Waals surface area contributed by atoms with Gasteiger partial charge in [0.2, 0.25) is 0 Å². The zero-order valence-electron chi connectivity index (χ0n) is 11.0. The fraction of sp³-hybridized carbons (Fsp3) is 0.133. The number of rotatable bonds is 4. The lowest BCUT2D eigenvalue weighted by molar-refractivity contribution is 0.415. The molecule has 0 aliphatic carbocycles. The number of benzene rings is 2. The highest BCUT2D eigenvalue weighted by molar-refractivity contribution is 6.32. The molecule has 2 aromatic carbocycles. The second-order valence-corrected chi connectivity index (χ2v) is 4.87. The minimum absolute atomic E-state index is 0.619. The Balaban J connectivity index is 1.79. The predicted molar refractivity (Wildman–Crippen MR) is 81.4 cm³/mol. The Bertz CT molecular complexity index is 739. The summed E-state index contributed by atoms with van der Waals surface area (Å²) >= 11 is 6.12. The van der Waals surface area contributed by atoms with Gasteiger partial charge in [-0.25, -0.2) is 0 Å². The van der Waals surface area contributed by atoms with Crippen LogP contribution in [0.1, 0.15) is 5.56 Å². The molecule has 0 amide bonds. The van der Waals surface area contributed by atoms with Crippen molar-refractivity contribution in [3.05, 3.63) is 53.2 Å². The molecule has 5 heteroatoms. The molecule has 0 atom stereocenters. The Kier molecular flexibility index (Phi) is 3.48. The van der Waals surface area contributed by atoms with Gasteiger partial charge in [-0.3, -0.25) is 5.10 Å². The van der Waals surface area contributed by atoms with Crippen LogP contribution in [0.5, 0.6) is 5.75 Å². The lowest BCUT2D eigenvalue weighted by Gasteiger charge is -2.09. The normalized spacial score (nSPS) is 10.7. The largest absolute Gasteiger partial charge is 0.495 e. The van der Waals surface area contributed by atoms with Gasteiger partial charge in [-0.05, 0) is 29.8 Å². The number of halogens is 1. The summed E-state index contributed by atoms with van der Waals surface area (Å²) in [5.74, 6) is 0.687. The first kappa shape index (κ1) is 12.8. The fourth-order valence-electron chi connectivity index (χ4n) is 2.14. The number of methoxy groups -OCH3 is 1. The number of anilines is 1. The van der Waals surface area contributed by atoms with Gasteiger partial charge >= 0.3 is 0 Å². The molecule has 0 aliphatic heterocycles. The monoisotopic (exact) mass is 287 g/mol. The van der Waals surface area contributed by atoms with Crippen LogP contribution in [0.25, 0.3) is 10.9 Å². The van der Waals surface area contributed by atoms with Crippen LogP contribution in [0.4, 0.5) is 5.69 Å². The van der Waals surface area contributed by atoms with E-state index in [1.807, 2.05) is 42.6 Å². The molecule has 0 aliphatic rings. The smallest absolute Gasteiger partial charge is 0.137 e. The Morgan fingerprint density at radius 2 is 2.20 bits per heavy atom. The quantitative estimate of drug-likeness (QED) is 0.766. The first-order valence-corrected chi connectivity index (χ1v) is 6.64. The van der Waals surface area contributed by atoms with Crippen molar-refractivity contribution in [2.24, 2.45) is 0 Å². The molecule has 0 spiro atoms. The Hall–Kier alpha value is -2.20. The van der Waals surface area contributed by atoms with E-state index in [0.29, 0.717) is 17.3 Å². The molecule has 0 unspecified atom stereocenters. The summed E-state index contributed by atoms with van der Waals surface area (Å²) in [6.07, 6.45) is 1.82. The van der Waals surface area contributed by atoms with E-state index in [1.165, 1.54) is 0 Å². The second kappa shape index (κ2) is 5.43. The van der Waals surface area contributed by atoms with Crippen LogP contribution in [-0.4, -0.2) is 17.3 Å². The molecule has 0 saturated carbocycles. The van der Waals surface area contributed by atoms with Crippen molar-refractivity contribution in [2.45, 2.75) is 6.54 Å². The zero-order valence-corrected chi connectivity index (χ0v) is 11.7. The van der Waals surface area contributed by atoms with Gasteiger partial charge in [0.1, 0.15) is 5.75 Å². The van der Waals surface area contributed by atoms with E-state index in [2.05, 4.69) is 15.5 Å². The van der Waals surface area contributed by atoms with Crippen molar-refractivity contribution < 1.29 is 4.74 Å². The molecule has 20 heavy (non-hydrogen) atoms. The third-order valence-electron chi connectivity index (χ3n) is 3.18. The Labute approximate surface area is 121 Å². The third-order valence-corrected chi connectivity index (χ3v) is 3.48. The summed E-state index contributed by atoms with van der Waals surface area (Å²) < 4.78 is 5.15. The van der Waals surface area contributed by atoms with E-state index >= 15 is 0 Å². The summed E-state index contributed by atoms with van der Waals surface area (Å²) in [5.41, 5.74) is 3.15. The maximum Gasteiger partial charge on any atom is 0.137 e. The SMILES string of the molecule is COc1ccc(CNc2cccc3[nH]ncc23)cc1Cl. The number of aromatic amines is 1. The maximum absolute atomic E-state index is 6.12.